The molecule has 2 heterocycles. The van der Waals surface area contributed by atoms with Crippen LogP contribution in [0.1, 0.15) is 50.6 Å². The Morgan fingerprint density at radius 2 is 1.78 bits per heavy atom. The highest BCUT2D eigenvalue weighted by Gasteiger charge is 2.47. The van der Waals surface area contributed by atoms with Crippen LogP contribution in [-0.2, 0) is 24.3 Å². The van der Waals surface area contributed by atoms with Crippen LogP contribution in [0.3, 0.4) is 0 Å². The predicted molar refractivity (Wildman–Crippen MR) is 125 cm³/mol. The van der Waals surface area contributed by atoms with Crippen LogP contribution >= 0.6 is 11.3 Å². The van der Waals surface area contributed by atoms with E-state index in [2.05, 4.69) is 0 Å². The molecule has 3 rings (SSSR count). The lowest BCUT2D eigenvalue weighted by Crippen LogP contribution is -2.41. The zero-order valence-electron chi connectivity index (χ0n) is 19.0. The summed E-state index contributed by atoms with van der Waals surface area (Å²) >= 11 is 1.36. The molecule has 0 N–H and O–H groups in total. The van der Waals surface area contributed by atoms with Gasteiger partial charge in [-0.2, -0.15) is 4.31 Å². The zero-order valence-corrected chi connectivity index (χ0v) is 20.6. The van der Waals surface area contributed by atoms with Gasteiger partial charge in [0.15, 0.2) is 0 Å². The third-order valence-corrected chi connectivity index (χ3v) is 8.23. The lowest BCUT2D eigenvalue weighted by atomic mass is 9.87. The average Bonchev–Trinajstić information content (AvgIpc) is 3.35. The molecule has 1 aromatic heterocycles. The van der Waals surface area contributed by atoms with Crippen molar-refractivity contribution in [3.05, 3.63) is 63.9 Å². The first-order valence-electron chi connectivity index (χ1n) is 10.5. The lowest BCUT2D eigenvalue weighted by molar-refractivity contribution is -0.138. The number of nitrogens with zero attached hydrogens (tertiary/aromatic N) is 1. The van der Waals surface area contributed by atoms with Crippen LogP contribution < -0.4 is 0 Å². The first-order chi connectivity index (χ1) is 15.0. The highest BCUT2D eigenvalue weighted by molar-refractivity contribution is 7.89. The van der Waals surface area contributed by atoms with Crippen molar-refractivity contribution in [2.24, 2.45) is 5.41 Å². The van der Waals surface area contributed by atoms with E-state index < -0.39 is 33.5 Å². The van der Waals surface area contributed by atoms with Crippen molar-refractivity contribution in [1.82, 2.24) is 4.31 Å². The molecular formula is C24H29NO5S2. The number of ketones is 1. The Balaban J connectivity index is 2.16. The summed E-state index contributed by atoms with van der Waals surface area (Å²) in [5.41, 5.74) is 0.541. The minimum absolute atomic E-state index is 0.0284. The van der Waals surface area contributed by atoms with E-state index in [0.717, 1.165) is 5.56 Å². The lowest BCUT2D eigenvalue weighted by Gasteiger charge is -2.31. The Morgan fingerprint density at radius 3 is 2.31 bits per heavy atom. The average molecular weight is 476 g/mol. The fraction of sp³-hybridized carbons (Fsp3) is 0.417. The highest BCUT2D eigenvalue weighted by Crippen LogP contribution is 2.44. The molecule has 32 heavy (non-hydrogen) atoms. The summed E-state index contributed by atoms with van der Waals surface area (Å²) in [6, 6.07) is 8.55. The molecule has 1 aliphatic heterocycles. The quantitative estimate of drug-likeness (QED) is 0.544. The number of rotatable bonds is 7. The van der Waals surface area contributed by atoms with E-state index in [9.17, 15) is 18.0 Å². The monoisotopic (exact) mass is 475 g/mol. The minimum atomic E-state index is -4.02. The topological polar surface area (TPSA) is 80.8 Å². The molecular weight excluding hydrogens is 446 g/mol. The summed E-state index contributed by atoms with van der Waals surface area (Å²) in [7, 11) is -4.02. The molecule has 172 valence electrons. The van der Waals surface area contributed by atoms with Crippen molar-refractivity contribution in [1.29, 1.82) is 0 Å². The van der Waals surface area contributed by atoms with Gasteiger partial charge in [-0.05, 0) is 37.4 Å². The smallest absolute Gasteiger partial charge is 0.335 e. The number of carbonyl (C=O) groups is 2. The maximum absolute atomic E-state index is 13.9. The molecule has 0 saturated heterocycles. The molecule has 0 bridgehead atoms. The fourth-order valence-electron chi connectivity index (χ4n) is 3.61. The van der Waals surface area contributed by atoms with Crippen LogP contribution in [0.25, 0.3) is 0 Å². The van der Waals surface area contributed by atoms with Gasteiger partial charge in [0.25, 0.3) is 0 Å². The standard InChI is InChI=1S/C24H29NO5S2/c1-6-30-23(27)19-14-17(15-21(26)24(3,4)5)25(22(19)20-8-7-13-31-20)32(28,29)18-11-9-16(2)10-12-18/h7-14,17,22H,6,15H2,1-5H3/t17-,22+/m0/s1. The Labute approximate surface area is 193 Å². The van der Waals surface area contributed by atoms with Crippen LogP contribution in [0.5, 0.6) is 0 Å². The minimum Gasteiger partial charge on any atom is -0.463 e. The van der Waals surface area contributed by atoms with Gasteiger partial charge in [0.05, 0.1) is 29.2 Å². The van der Waals surface area contributed by atoms with E-state index in [1.54, 1.807) is 64.1 Å². The summed E-state index contributed by atoms with van der Waals surface area (Å²) in [5, 5.41) is 1.84. The van der Waals surface area contributed by atoms with Gasteiger partial charge in [0.1, 0.15) is 5.78 Å². The van der Waals surface area contributed by atoms with Gasteiger partial charge < -0.3 is 4.74 Å². The highest BCUT2D eigenvalue weighted by atomic mass is 32.2. The maximum Gasteiger partial charge on any atom is 0.335 e. The van der Waals surface area contributed by atoms with Crippen LogP contribution in [0.15, 0.2) is 58.3 Å². The van der Waals surface area contributed by atoms with Gasteiger partial charge in [0.2, 0.25) is 10.0 Å². The van der Waals surface area contributed by atoms with E-state index in [0.29, 0.717) is 4.88 Å². The van der Waals surface area contributed by atoms with Crippen molar-refractivity contribution in [3.8, 4) is 0 Å². The summed E-state index contributed by atoms with van der Waals surface area (Å²) in [6.07, 6.45) is 1.57. The maximum atomic E-state index is 13.9. The summed E-state index contributed by atoms with van der Waals surface area (Å²) in [6.45, 7) is 9.16. The summed E-state index contributed by atoms with van der Waals surface area (Å²) in [5.74, 6) is -0.654. The zero-order chi connectivity index (χ0) is 23.7. The van der Waals surface area contributed by atoms with E-state index >= 15 is 0 Å². The third kappa shape index (κ3) is 4.87. The Bertz CT molecular complexity index is 1110. The van der Waals surface area contributed by atoms with Crippen molar-refractivity contribution in [3.63, 3.8) is 0 Å². The first-order valence-corrected chi connectivity index (χ1v) is 12.8. The van der Waals surface area contributed by atoms with E-state index in [4.69, 9.17) is 4.74 Å². The van der Waals surface area contributed by atoms with Gasteiger partial charge in [0, 0.05) is 16.7 Å². The number of esters is 1. The molecule has 0 saturated carbocycles. The number of hydrogen-bond donors (Lipinski definition) is 0. The molecule has 0 aliphatic carbocycles. The van der Waals surface area contributed by atoms with Crippen LogP contribution in [0.2, 0.25) is 0 Å². The van der Waals surface area contributed by atoms with Gasteiger partial charge in [-0.25, -0.2) is 13.2 Å². The predicted octanol–water partition coefficient (Wildman–Crippen LogP) is 4.67. The number of benzene rings is 1. The van der Waals surface area contributed by atoms with Crippen molar-refractivity contribution >= 4 is 33.1 Å². The van der Waals surface area contributed by atoms with Gasteiger partial charge >= 0.3 is 5.97 Å². The van der Waals surface area contributed by atoms with Crippen LogP contribution in [0, 0.1) is 12.3 Å². The number of Topliss-reactive ketones (excluding diaryl/α,β-unsaturated/α-hetero) is 1. The largest absolute Gasteiger partial charge is 0.463 e. The summed E-state index contributed by atoms with van der Waals surface area (Å²) in [4.78, 5) is 26.6. The van der Waals surface area contributed by atoms with Gasteiger partial charge in [-0.1, -0.05) is 50.6 Å². The van der Waals surface area contributed by atoms with Crippen molar-refractivity contribution in [2.75, 3.05) is 6.61 Å². The molecule has 0 radical (unpaired) electrons. The Morgan fingerprint density at radius 1 is 1.12 bits per heavy atom. The van der Waals surface area contributed by atoms with E-state index in [1.165, 1.54) is 15.6 Å². The number of thiophene rings is 1. The third-order valence-electron chi connectivity index (χ3n) is 5.40. The Kier molecular flexibility index (Phi) is 7.07. The second kappa shape index (κ2) is 9.29. The molecule has 6 nitrogen and oxygen atoms in total. The normalized spacial score (nSPS) is 19.6. The van der Waals surface area contributed by atoms with Crippen LogP contribution in [0.4, 0.5) is 0 Å². The SMILES string of the molecule is CCOC(=O)C1=C[C@@H](CC(=O)C(C)(C)C)N(S(=O)(=O)c2ccc(C)cc2)[C@H]1c1cccs1. The molecule has 8 heteroatoms. The number of sulfonamides is 1. The number of ether oxygens (including phenoxy) is 1. The molecule has 1 aliphatic rings. The summed E-state index contributed by atoms with van der Waals surface area (Å²) < 4.78 is 34.3. The molecule has 0 amide bonds. The second-order valence-corrected chi connectivity index (χ2v) is 11.7. The van der Waals surface area contributed by atoms with Crippen molar-refractivity contribution < 1.29 is 22.7 Å². The van der Waals surface area contributed by atoms with Gasteiger partial charge in [-0.15, -0.1) is 11.3 Å². The number of hydrogen-bond acceptors (Lipinski definition) is 6. The van der Waals surface area contributed by atoms with E-state index in [-0.39, 0.29) is 29.3 Å². The molecule has 1 aromatic carbocycles. The Hall–Kier alpha value is -2.29. The molecule has 2 aromatic rings. The van der Waals surface area contributed by atoms with E-state index in [1.807, 2.05) is 18.4 Å². The molecule has 0 spiro atoms. The van der Waals surface area contributed by atoms with Gasteiger partial charge in [-0.3, -0.25) is 4.79 Å². The van der Waals surface area contributed by atoms with Crippen LogP contribution in [-0.4, -0.2) is 37.1 Å². The second-order valence-electron chi connectivity index (χ2n) is 8.85. The first kappa shape index (κ1) is 24.4. The number of aryl methyl sites for hydroxylation is 1. The van der Waals surface area contributed by atoms with Crippen molar-refractivity contribution in [2.45, 2.75) is 58.0 Å². The molecule has 2 atom stereocenters. The molecule has 0 fully saturated rings. The fourth-order valence-corrected chi connectivity index (χ4v) is 6.24. The molecule has 0 unspecified atom stereocenters. The number of carbonyl (C=O) groups excluding carboxylic acids is 2.